The van der Waals surface area contributed by atoms with Crippen molar-refractivity contribution in [1.29, 1.82) is 0 Å². The molecule has 0 unspecified atom stereocenters. The Kier molecular flexibility index (Phi) is 4.40. The van der Waals surface area contributed by atoms with Crippen LogP contribution in [0.5, 0.6) is 0 Å². The second-order valence-electron chi connectivity index (χ2n) is 8.89. The normalized spacial score (nSPS) is 15.3. The second-order valence-corrected chi connectivity index (χ2v) is 13.6. The molecule has 0 saturated carbocycles. The Bertz CT molecular complexity index is 1210. The van der Waals surface area contributed by atoms with Crippen LogP contribution in [0.1, 0.15) is 12.0 Å². The second kappa shape index (κ2) is 6.96. The molecule has 144 valence electrons. The number of aryl methyl sites for hydroxylation is 2. The molecule has 0 N–H and O–H groups in total. The summed E-state index contributed by atoms with van der Waals surface area (Å²) in [5.41, 5.74) is 6.50. The van der Waals surface area contributed by atoms with E-state index in [0.29, 0.717) is 0 Å². The minimum atomic E-state index is -1.16. The standard InChI is InChI=1S/C27H28NSi/c1-20-18-22(21-8-5-4-6-9-21)10-12-25(20)27-26-13-11-24(29(3)16-7-17-29)19-23(26)14-15-28(27)2/h4-6,8-15,18-19H,7,16-17H2,1-3H3/q+1. The molecule has 1 saturated heterocycles. The minimum absolute atomic E-state index is 1.16. The monoisotopic (exact) mass is 394 g/mol. The molecule has 5 rings (SSSR count). The fourth-order valence-electron chi connectivity index (χ4n) is 4.82. The van der Waals surface area contributed by atoms with Crippen LogP contribution in [-0.4, -0.2) is 8.07 Å². The first kappa shape index (κ1) is 18.3. The molecule has 1 nitrogen and oxygen atoms in total. The van der Waals surface area contributed by atoms with E-state index in [9.17, 15) is 0 Å². The molecule has 3 aromatic carbocycles. The number of pyridine rings is 1. The maximum absolute atomic E-state index is 2.55. The number of rotatable bonds is 3. The Hall–Kier alpha value is -2.71. The van der Waals surface area contributed by atoms with E-state index in [4.69, 9.17) is 0 Å². The van der Waals surface area contributed by atoms with Crippen molar-refractivity contribution in [2.45, 2.75) is 32.0 Å². The quantitative estimate of drug-likeness (QED) is 0.296. The molecule has 0 aliphatic carbocycles. The summed E-state index contributed by atoms with van der Waals surface area (Å²) in [4.78, 5) is 0. The summed E-state index contributed by atoms with van der Waals surface area (Å²) in [6.45, 7) is 4.78. The molecule has 0 spiro atoms. The first-order chi connectivity index (χ1) is 14.0. The maximum atomic E-state index is 2.55. The Morgan fingerprint density at radius 2 is 1.62 bits per heavy atom. The van der Waals surface area contributed by atoms with Crippen LogP contribution in [0.3, 0.4) is 0 Å². The lowest BCUT2D eigenvalue weighted by atomic mass is 9.95. The predicted molar refractivity (Wildman–Crippen MR) is 126 cm³/mol. The molecule has 29 heavy (non-hydrogen) atoms. The number of benzene rings is 3. The molecule has 1 aromatic heterocycles. The van der Waals surface area contributed by atoms with Gasteiger partial charge in [0.15, 0.2) is 6.20 Å². The fourth-order valence-corrected chi connectivity index (χ4v) is 7.80. The van der Waals surface area contributed by atoms with E-state index in [-0.39, 0.29) is 0 Å². The lowest BCUT2D eigenvalue weighted by molar-refractivity contribution is -0.659. The van der Waals surface area contributed by atoms with Gasteiger partial charge in [0, 0.05) is 11.6 Å². The van der Waals surface area contributed by atoms with Crippen molar-refractivity contribution >= 4 is 24.0 Å². The average molecular weight is 395 g/mol. The zero-order valence-electron chi connectivity index (χ0n) is 17.6. The topological polar surface area (TPSA) is 3.88 Å². The van der Waals surface area contributed by atoms with Crippen LogP contribution in [0.4, 0.5) is 0 Å². The van der Waals surface area contributed by atoms with E-state index in [1.165, 1.54) is 57.2 Å². The van der Waals surface area contributed by atoms with Gasteiger partial charge in [-0.05, 0) is 41.1 Å². The number of fused-ring (bicyclic) bond motifs is 1. The van der Waals surface area contributed by atoms with Gasteiger partial charge in [-0.3, -0.25) is 0 Å². The summed E-state index contributed by atoms with van der Waals surface area (Å²) in [6.07, 6.45) is 3.64. The van der Waals surface area contributed by atoms with E-state index < -0.39 is 8.07 Å². The Labute approximate surface area is 174 Å². The highest BCUT2D eigenvalue weighted by Crippen LogP contribution is 2.34. The number of hydrogen-bond donors (Lipinski definition) is 0. The van der Waals surface area contributed by atoms with E-state index in [0.717, 1.165) is 0 Å². The van der Waals surface area contributed by atoms with Crippen LogP contribution in [-0.2, 0) is 7.05 Å². The zero-order chi connectivity index (χ0) is 20.0. The molecule has 1 aliphatic rings. The van der Waals surface area contributed by atoms with Crippen LogP contribution in [0.2, 0.25) is 18.6 Å². The van der Waals surface area contributed by atoms with Crippen molar-refractivity contribution in [2.24, 2.45) is 7.05 Å². The van der Waals surface area contributed by atoms with Gasteiger partial charge in [0.25, 0.3) is 0 Å². The van der Waals surface area contributed by atoms with Gasteiger partial charge in [-0.2, -0.15) is 0 Å². The van der Waals surface area contributed by atoms with Gasteiger partial charge in [0.1, 0.15) is 7.05 Å². The molecular weight excluding hydrogens is 366 g/mol. The summed E-state index contributed by atoms with van der Waals surface area (Å²) in [7, 11) is 0.999. The first-order valence-corrected chi connectivity index (χ1v) is 13.6. The van der Waals surface area contributed by atoms with Crippen molar-refractivity contribution in [3.05, 3.63) is 84.6 Å². The van der Waals surface area contributed by atoms with Gasteiger partial charge in [-0.25, -0.2) is 4.57 Å². The van der Waals surface area contributed by atoms with Crippen LogP contribution in [0.25, 0.3) is 33.2 Å². The molecule has 1 fully saturated rings. The SMILES string of the molecule is Cc1cc(-c2ccccc2)ccc1-c1c2ccc([Si]3(C)CCC3)cc2cc[n+]1C. The van der Waals surface area contributed by atoms with Crippen molar-refractivity contribution in [1.82, 2.24) is 0 Å². The number of hydrogen-bond acceptors (Lipinski definition) is 0. The first-order valence-electron chi connectivity index (χ1n) is 10.6. The minimum Gasteiger partial charge on any atom is -0.200 e. The Morgan fingerprint density at radius 1 is 0.828 bits per heavy atom. The third kappa shape index (κ3) is 3.12. The van der Waals surface area contributed by atoms with Crippen LogP contribution in [0.15, 0.2) is 79.0 Å². The third-order valence-electron chi connectivity index (χ3n) is 6.88. The molecule has 2 heterocycles. The smallest absolute Gasteiger partial charge is 0.200 e. The van der Waals surface area contributed by atoms with Crippen molar-refractivity contribution < 1.29 is 4.57 Å². The van der Waals surface area contributed by atoms with Crippen molar-refractivity contribution in [3.8, 4) is 22.4 Å². The van der Waals surface area contributed by atoms with Gasteiger partial charge in [-0.1, -0.05) is 84.8 Å². The highest BCUT2D eigenvalue weighted by Gasteiger charge is 2.36. The summed E-state index contributed by atoms with van der Waals surface area (Å²) >= 11 is 0. The van der Waals surface area contributed by atoms with Crippen molar-refractivity contribution in [3.63, 3.8) is 0 Å². The van der Waals surface area contributed by atoms with Crippen molar-refractivity contribution in [2.75, 3.05) is 0 Å². The Morgan fingerprint density at radius 3 is 2.31 bits per heavy atom. The summed E-state index contributed by atoms with van der Waals surface area (Å²) < 4.78 is 2.27. The van der Waals surface area contributed by atoms with Crippen LogP contribution in [0, 0.1) is 6.92 Å². The number of aromatic nitrogens is 1. The van der Waals surface area contributed by atoms with E-state index >= 15 is 0 Å². The van der Waals surface area contributed by atoms with Gasteiger partial charge < -0.3 is 0 Å². The highest BCUT2D eigenvalue weighted by molar-refractivity contribution is 6.93. The fraction of sp³-hybridized carbons (Fsp3) is 0.222. The molecular formula is C27H28NSi+. The van der Waals surface area contributed by atoms with E-state index in [2.05, 4.69) is 104 Å². The maximum Gasteiger partial charge on any atom is 0.220 e. The highest BCUT2D eigenvalue weighted by atomic mass is 28.3. The van der Waals surface area contributed by atoms with Crippen LogP contribution >= 0.6 is 0 Å². The summed E-state index contributed by atoms with van der Waals surface area (Å²) in [5, 5.41) is 4.36. The molecule has 4 aromatic rings. The van der Waals surface area contributed by atoms with Gasteiger partial charge in [0.05, 0.1) is 13.5 Å². The molecule has 0 bridgehead atoms. The predicted octanol–water partition coefficient (Wildman–Crippen LogP) is 6.00. The lowest BCUT2D eigenvalue weighted by Crippen LogP contribution is -2.50. The van der Waals surface area contributed by atoms with Gasteiger partial charge >= 0.3 is 0 Å². The van der Waals surface area contributed by atoms with Crippen LogP contribution < -0.4 is 9.75 Å². The average Bonchev–Trinajstić information content (AvgIpc) is 2.73. The molecule has 2 heteroatoms. The zero-order valence-corrected chi connectivity index (χ0v) is 18.6. The van der Waals surface area contributed by atoms with E-state index in [1.54, 1.807) is 5.19 Å². The number of nitrogens with zero attached hydrogens (tertiary/aromatic N) is 1. The lowest BCUT2D eigenvalue weighted by Gasteiger charge is -2.36. The van der Waals surface area contributed by atoms with Gasteiger partial charge in [-0.15, -0.1) is 0 Å². The molecule has 1 aliphatic heterocycles. The molecule has 0 atom stereocenters. The third-order valence-corrected chi connectivity index (χ3v) is 11.5. The van der Waals surface area contributed by atoms with Gasteiger partial charge in [0.2, 0.25) is 5.69 Å². The summed E-state index contributed by atoms with van der Waals surface area (Å²) in [6, 6.07) is 30.0. The molecule has 0 amide bonds. The Balaban J connectivity index is 1.63. The summed E-state index contributed by atoms with van der Waals surface area (Å²) in [5.74, 6) is 0. The van der Waals surface area contributed by atoms with E-state index in [1.807, 2.05) is 0 Å². The molecule has 0 radical (unpaired) electrons. The largest absolute Gasteiger partial charge is 0.220 e.